The van der Waals surface area contributed by atoms with Crippen molar-refractivity contribution in [3.05, 3.63) is 113 Å². The van der Waals surface area contributed by atoms with Crippen molar-refractivity contribution in [2.45, 2.75) is 33.9 Å². The summed E-state index contributed by atoms with van der Waals surface area (Å²) in [5, 5.41) is 4.11. The van der Waals surface area contributed by atoms with Crippen LogP contribution < -0.4 is 9.64 Å². The summed E-state index contributed by atoms with van der Waals surface area (Å²) in [6.45, 7) is 6.45. The smallest absolute Gasteiger partial charge is 0.281 e. The van der Waals surface area contributed by atoms with Gasteiger partial charge in [0.15, 0.2) is 5.69 Å². The molecule has 1 heterocycles. The van der Waals surface area contributed by atoms with Crippen molar-refractivity contribution in [2.24, 2.45) is 0 Å². The van der Waals surface area contributed by atoms with E-state index in [1.807, 2.05) is 92.7 Å². The summed E-state index contributed by atoms with van der Waals surface area (Å²) < 4.78 is 11.5. The highest BCUT2D eigenvalue weighted by atomic mass is 16.5. The fourth-order valence-electron chi connectivity index (χ4n) is 3.52. The van der Waals surface area contributed by atoms with Crippen molar-refractivity contribution in [1.29, 1.82) is 0 Å². The zero-order valence-electron chi connectivity index (χ0n) is 18.5. The third-order valence-electron chi connectivity index (χ3n) is 5.40. The van der Waals surface area contributed by atoms with Gasteiger partial charge in [0.05, 0.1) is 12.1 Å². The van der Waals surface area contributed by atoms with Gasteiger partial charge in [0.1, 0.15) is 18.1 Å². The number of aryl methyl sites for hydroxylation is 3. The van der Waals surface area contributed by atoms with Crippen LogP contribution in [-0.2, 0) is 13.2 Å². The molecule has 5 heteroatoms. The summed E-state index contributed by atoms with van der Waals surface area (Å²) in [7, 11) is 0. The van der Waals surface area contributed by atoms with Gasteiger partial charge in [-0.25, -0.2) is 0 Å². The van der Waals surface area contributed by atoms with Crippen LogP contribution in [0.25, 0.3) is 0 Å². The predicted octanol–water partition coefficient (Wildman–Crippen LogP) is 6.03. The Morgan fingerprint density at radius 3 is 2.34 bits per heavy atom. The number of rotatable bonds is 7. The highest BCUT2D eigenvalue weighted by molar-refractivity contribution is 6.05. The molecule has 32 heavy (non-hydrogen) atoms. The number of ether oxygens (including phenoxy) is 1. The first kappa shape index (κ1) is 21.4. The number of hydrogen-bond acceptors (Lipinski definition) is 4. The van der Waals surface area contributed by atoms with Crippen LogP contribution in [0, 0.1) is 20.8 Å². The Bertz CT molecular complexity index is 1200. The molecule has 162 valence electrons. The first-order valence-corrected chi connectivity index (χ1v) is 10.6. The van der Waals surface area contributed by atoms with Crippen LogP contribution >= 0.6 is 0 Å². The minimum absolute atomic E-state index is 0.203. The Morgan fingerprint density at radius 2 is 1.62 bits per heavy atom. The van der Waals surface area contributed by atoms with Crippen molar-refractivity contribution in [2.75, 3.05) is 4.90 Å². The van der Waals surface area contributed by atoms with Gasteiger partial charge < -0.3 is 14.2 Å². The first-order valence-electron chi connectivity index (χ1n) is 10.6. The Hall–Kier alpha value is -3.86. The van der Waals surface area contributed by atoms with Crippen LogP contribution in [0.2, 0.25) is 0 Å². The van der Waals surface area contributed by atoms with Crippen molar-refractivity contribution in [1.82, 2.24) is 5.16 Å². The van der Waals surface area contributed by atoms with Crippen LogP contribution in [0.4, 0.5) is 5.69 Å². The number of benzene rings is 3. The first-order chi connectivity index (χ1) is 15.5. The molecule has 0 aliphatic rings. The molecular weight excluding hydrogens is 400 g/mol. The highest BCUT2D eigenvalue weighted by Gasteiger charge is 2.26. The second kappa shape index (κ2) is 9.52. The third kappa shape index (κ3) is 4.72. The molecule has 0 fully saturated rings. The molecule has 4 rings (SSSR count). The van der Waals surface area contributed by atoms with E-state index in [0.29, 0.717) is 17.9 Å². The highest BCUT2D eigenvalue weighted by Crippen LogP contribution is 2.25. The van der Waals surface area contributed by atoms with Crippen molar-refractivity contribution < 1.29 is 14.1 Å². The van der Waals surface area contributed by atoms with E-state index in [-0.39, 0.29) is 18.2 Å². The lowest BCUT2D eigenvalue weighted by Crippen LogP contribution is -2.31. The van der Waals surface area contributed by atoms with Crippen LogP contribution in [-0.4, -0.2) is 11.1 Å². The second-order valence-corrected chi connectivity index (χ2v) is 7.84. The molecule has 5 nitrogen and oxygen atoms in total. The number of carbonyl (C=O) groups excluding carboxylic acids is 1. The van der Waals surface area contributed by atoms with E-state index in [9.17, 15) is 4.79 Å². The van der Waals surface area contributed by atoms with Gasteiger partial charge in [-0.15, -0.1) is 0 Å². The number of hydrogen-bond donors (Lipinski definition) is 0. The van der Waals surface area contributed by atoms with Gasteiger partial charge in [0.2, 0.25) is 0 Å². The van der Waals surface area contributed by atoms with Crippen molar-refractivity contribution in [3.8, 4) is 5.75 Å². The van der Waals surface area contributed by atoms with E-state index < -0.39 is 0 Å². The number of nitrogens with zero attached hydrogens (tertiary/aromatic N) is 2. The fourth-order valence-corrected chi connectivity index (χ4v) is 3.52. The second-order valence-electron chi connectivity index (χ2n) is 7.84. The quantitative estimate of drug-likeness (QED) is 0.362. The van der Waals surface area contributed by atoms with Crippen LogP contribution in [0.5, 0.6) is 5.75 Å². The Morgan fingerprint density at radius 1 is 0.938 bits per heavy atom. The normalized spacial score (nSPS) is 10.7. The van der Waals surface area contributed by atoms with Gasteiger partial charge >= 0.3 is 0 Å². The maximum absolute atomic E-state index is 13.7. The van der Waals surface area contributed by atoms with E-state index in [1.165, 1.54) is 0 Å². The number of para-hydroxylation sites is 1. The zero-order chi connectivity index (χ0) is 22.5. The maximum Gasteiger partial charge on any atom is 0.281 e. The van der Waals surface area contributed by atoms with E-state index in [0.717, 1.165) is 28.1 Å². The van der Waals surface area contributed by atoms with Gasteiger partial charge in [-0.3, -0.25) is 4.79 Å². The SMILES string of the molecule is Cc1ccc(C)c(OCc2c(C(=O)N(Cc3ccccc3)c3ccccc3)noc2C)c1. The molecule has 0 spiro atoms. The lowest BCUT2D eigenvalue weighted by molar-refractivity contribution is 0.0974. The number of anilines is 1. The molecule has 0 aliphatic heterocycles. The molecule has 0 saturated carbocycles. The zero-order valence-corrected chi connectivity index (χ0v) is 18.5. The summed E-state index contributed by atoms with van der Waals surface area (Å²) >= 11 is 0. The molecule has 1 aromatic heterocycles. The minimum atomic E-state index is -0.225. The number of amides is 1. The topological polar surface area (TPSA) is 55.6 Å². The lowest BCUT2D eigenvalue weighted by atomic mass is 10.1. The molecule has 0 aliphatic carbocycles. The molecule has 4 aromatic rings. The number of aromatic nitrogens is 1. The summed E-state index contributed by atoms with van der Waals surface area (Å²) in [6.07, 6.45) is 0. The summed E-state index contributed by atoms with van der Waals surface area (Å²) in [6, 6.07) is 25.5. The van der Waals surface area contributed by atoms with Crippen LogP contribution in [0.1, 0.15) is 38.5 Å². The maximum atomic E-state index is 13.7. The molecule has 0 saturated heterocycles. The van der Waals surface area contributed by atoms with E-state index >= 15 is 0 Å². The van der Waals surface area contributed by atoms with Crippen LogP contribution in [0.15, 0.2) is 83.4 Å². The summed E-state index contributed by atoms with van der Waals surface area (Å²) in [4.78, 5) is 15.4. The van der Waals surface area contributed by atoms with Gasteiger partial charge in [-0.1, -0.05) is 65.8 Å². The van der Waals surface area contributed by atoms with Gasteiger partial charge in [-0.2, -0.15) is 0 Å². The Balaban J connectivity index is 1.64. The van der Waals surface area contributed by atoms with Gasteiger partial charge in [0, 0.05) is 5.69 Å². The fraction of sp³-hybridized carbons (Fsp3) is 0.185. The Labute approximate surface area is 188 Å². The molecule has 0 bridgehead atoms. The third-order valence-corrected chi connectivity index (χ3v) is 5.40. The monoisotopic (exact) mass is 426 g/mol. The largest absolute Gasteiger partial charge is 0.488 e. The Kier molecular flexibility index (Phi) is 6.36. The van der Waals surface area contributed by atoms with Gasteiger partial charge in [0.25, 0.3) is 5.91 Å². The summed E-state index contributed by atoms with van der Waals surface area (Å²) in [5.41, 5.74) is 4.90. The molecule has 0 atom stereocenters. The molecule has 0 N–H and O–H groups in total. The van der Waals surface area contributed by atoms with Crippen LogP contribution in [0.3, 0.4) is 0 Å². The van der Waals surface area contributed by atoms with Crippen molar-refractivity contribution >= 4 is 11.6 Å². The molecule has 0 radical (unpaired) electrons. The number of carbonyl (C=O) groups is 1. The standard InChI is InChI=1S/C27H26N2O3/c1-19-14-15-20(2)25(16-19)31-18-24-21(3)32-28-26(24)27(30)29(23-12-8-5-9-13-23)17-22-10-6-4-7-11-22/h4-16H,17-18H2,1-3H3. The molecule has 3 aromatic carbocycles. The predicted molar refractivity (Wildman–Crippen MR) is 125 cm³/mol. The van der Waals surface area contributed by atoms with E-state index in [4.69, 9.17) is 9.26 Å². The van der Waals surface area contributed by atoms with E-state index in [1.54, 1.807) is 11.8 Å². The average molecular weight is 427 g/mol. The molecular formula is C27H26N2O3. The molecule has 0 unspecified atom stereocenters. The van der Waals surface area contributed by atoms with E-state index in [2.05, 4.69) is 5.16 Å². The van der Waals surface area contributed by atoms with Crippen molar-refractivity contribution in [3.63, 3.8) is 0 Å². The lowest BCUT2D eigenvalue weighted by Gasteiger charge is -2.22. The summed E-state index contributed by atoms with van der Waals surface area (Å²) in [5.74, 6) is 1.14. The average Bonchev–Trinajstić information content (AvgIpc) is 3.19. The van der Waals surface area contributed by atoms with Gasteiger partial charge in [-0.05, 0) is 55.7 Å². The molecule has 1 amide bonds. The minimum Gasteiger partial charge on any atom is -0.488 e.